The molecule has 0 heterocycles. The zero-order valence-corrected chi connectivity index (χ0v) is 22.6. The number of carbonyl (C=O) groups is 1. The quantitative estimate of drug-likeness (QED) is 0.141. The van der Waals surface area contributed by atoms with Gasteiger partial charge in [-0.25, -0.2) is 9.19 Å². The number of hydrogen-bond donors (Lipinski definition) is 0. The van der Waals surface area contributed by atoms with Gasteiger partial charge in [0.05, 0.1) is 15.8 Å². The van der Waals surface area contributed by atoms with Crippen molar-refractivity contribution in [3.8, 4) is 5.75 Å². The Kier molecular flexibility index (Phi) is 11.4. The molecule has 0 N–H and O–H groups in total. The smallest absolute Gasteiger partial charge is 0.410 e. The minimum absolute atomic E-state index is 0.0411. The molecular formula is C24H36Cl2N2O3S. The molecule has 0 radical (unpaired) electrons. The Balaban J connectivity index is 2.97. The maximum absolute atomic E-state index is 12.2. The van der Waals surface area contributed by atoms with Gasteiger partial charge >= 0.3 is 6.09 Å². The standard InChI is InChI=1S/C24H36Cl2N2O3S/c1-9-14-30-21-16-19(26)18(25)15-17(21)20(27-32-24(5,6)7)12-10-11-13-28(8)22(29)31-23(2,3)4/h9,15-16H,1,10-14H2,2-8H3/b27-20+. The van der Waals surface area contributed by atoms with Crippen molar-refractivity contribution < 1.29 is 14.3 Å². The molecule has 0 spiro atoms. The first kappa shape index (κ1) is 28.7. The SMILES string of the molecule is C=CCOc1cc(Cl)c(Cl)cc1/C(CCCCN(C)C(=O)OC(C)(C)C)=N/SC(C)(C)C. The molecule has 0 aliphatic carbocycles. The average molecular weight is 504 g/mol. The number of ether oxygens (including phenoxy) is 2. The van der Waals surface area contributed by atoms with Gasteiger partial charge in [-0.05, 0) is 78.8 Å². The lowest BCUT2D eigenvalue weighted by atomic mass is 10.0. The number of amides is 1. The molecule has 0 fully saturated rings. The van der Waals surface area contributed by atoms with Gasteiger partial charge in [0, 0.05) is 30.0 Å². The van der Waals surface area contributed by atoms with Crippen LogP contribution < -0.4 is 4.74 Å². The fourth-order valence-electron chi connectivity index (χ4n) is 2.52. The van der Waals surface area contributed by atoms with E-state index in [9.17, 15) is 4.79 Å². The van der Waals surface area contributed by atoms with Crippen LogP contribution in [0.25, 0.3) is 0 Å². The number of hydrogen-bond acceptors (Lipinski definition) is 5. The molecule has 0 atom stereocenters. The Morgan fingerprint density at radius 1 is 1.16 bits per heavy atom. The van der Waals surface area contributed by atoms with Crippen LogP contribution in [0.1, 0.15) is 66.4 Å². The van der Waals surface area contributed by atoms with Crippen LogP contribution in [-0.4, -0.2) is 47.3 Å². The summed E-state index contributed by atoms with van der Waals surface area (Å²) < 4.78 is 16.0. The molecule has 0 bridgehead atoms. The number of benzene rings is 1. The third-order valence-corrected chi connectivity index (χ3v) is 5.56. The van der Waals surface area contributed by atoms with Crippen LogP contribution >= 0.6 is 35.1 Å². The molecule has 1 aromatic carbocycles. The zero-order chi connectivity index (χ0) is 24.5. The molecule has 0 aliphatic heterocycles. The summed E-state index contributed by atoms with van der Waals surface area (Å²) in [4.78, 5) is 13.8. The number of rotatable bonds is 10. The second-order valence-corrected chi connectivity index (χ2v) is 11.9. The Bertz CT molecular complexity index is 815. The van der Waals surface area contributed by atoms with Gasteiger partial charge in [0.15, 0.2) is 0 Å². The largest absolute Gasteiger partial charge is 0.489 e. The van der Waals surface area contributed by atoms with Gasteiger partial charge in [-0.2, -0.15) is 0 Å². The van der Waals surface area contributed by atoms with Gasteiger partial charge in [-0.3, -0.25) is 0 Å². The van der Waals surface area contributed by atoms with E-state index in [-0.39, 0.29) is 10.8 Å². The molecule has 1 aromatic rings. The maximum Gasteiger partial charge on any atom is 0.410 e. The van der Waals surface area contributed by atoms with E-state index in [4.69, 9.17) is 37.1 Å². The Morgan fingerprint density at radius 3 is 2.34 bits per heavy atom. The average Bonchev–Trinajstić information content (AvgIpc) is 2.65. The van der Waals surface area contributed by atoms with Gasteiger partial charge < -0.3 is 14.4 Å². The normalized spacial score (nSPS) is 12.5. The van der Waals surface area contributed by atoms with Crippen LogP contribution in [0.5, 0.6) is 5.75 Å². The van der Waals surface area contributed by atoms with E-state index in [2.05, 4.69) is 27.4 Å². The third kappa shape index (κ3) is 11.0. The van der Waals surface area contributed by atoms with Crippen molar-refractivity contribution in [2.75, 3.05) is 20.2 Å². The monoisotopic (exact) mass is 502 g/mol. The van der Waals surface area contributed by atoms with Crippen LogP contribution in [0.3, 0.4) is 0 Å². The first-order valence-electron chi connectivity index (χ1n) is 10.7. The van der Waals surface area contributed by atoms with Gasteiger partial charge in [-0.1, -0.05) is 35.9 Å². The Morgan fingerprint density at radius 2 is 1.78 bits per heavy atom. The molecule has 0 saturated carbocycles. The van der Waals surface area contributed by atoms with Gasteiger partial charge in [0.25, 0.3) is 0 Å². The van der Waals surface area contributed by atoms with Gasteiger partial charge in [0.1, 0.15) is 18.0 Å². The molecule has 32 heavy (non-hydrogen) atoms. The molecule has 0 aromatic heterocycles. The third-order valence-electron chi connectivity index (χ3n) is 3.98. The minimum atomic E-state index is -0.509. The highest BCUT2D eigenvalue weighted by molar-refractivity contribution is 7.99. The van der Waals surface area contributed by atoms with Gasteiger partial charge in [0.2, 0.25) is 0 Å². The lowest BCUT2D eigenvalue weighted by Crippen LogP contribution is -2.34. The van der Waals surface area contributed by atoms with Crippen LogP contribution in [0.4, 0.5) is 4.79 Å². The van der Waals surface area contributed by atoms with E-state index in [0.717, 1.165) is 24.1 Å². The summed E-state index contributed by atoms with van der Waals surface area (Å²) in [7, 11) is 1.75. The van der Waals surface area contributed by atoms with Crippen molar-refractivity contribution in [3.05, 3.63) is 40.4 Å². The highest BCUT2D eigenvalue weighted by Crippen LogP contribution is 2.34. The summed E-state index contributed by atoms with van der Waals surface area (Å²) in [5.74, 6) is 0.624. The van der Waals surface area contributed by atoms with Crippen molar-refractivity contribution in [3.63, 3.8) is 0 Å². The fraction of sp³-hybridized carbons (Fsp3) is 0.583. The molecule has 8 heteroatoms. The van der Waals surface area contributed by atoms with E-state index >= 15 is 0 Å². The summed E-state index contributed by atoms with van der Waals surface area (Å²) in [6, 6.07) is 3.52. The molecular weight excluding hydrogens is 467 g/mol. The van der Waals surface area contributed by atoms with Crippen molar-refractivity contribution in [2.24, 2.45) is 4.40 Å². The molecule has 180 valence electrons. The van der Waals surface area contributed by atoms with Crippen LogP contribution in [0.15, 0.2) is 29.2 Å². The van der Waals surface area contributed by atoms with Crippen molar-refractivity contribution in [2.45, 2.75) is 71.2 Å². The van der Waals surface area contributed by atoms with Crippen molar-refractivity contribution >= 4 is 47.0 Å². The highest BCUT2D eigenvalue weighted by atomic mass is 35.5. The lowest BCUT2D eigenvalue weighted by Gasteiger charge is -2.24. The Labute approximate surface area is 207 Å². The number of nitrogens with zero attached hydrogens (tertiary/aromatic N) is 2. The molecule has 5 nitrogen and oxygen atoms in total. The maximum atomic E-state index is 12.2. The zero-order valence-electron chi connectivity index (χ0n) is 20.3. The predicted molar refractivity (Wildman–Crippen MR) is 139 cm³/mol. The Hall–Kier alpha value is -1.37. The second kappa shape index (κ2) is 12.8. The van der Waals surface area contributed by atoms with Crippen LogP contribution in [-0.2, 0) is 4.74 Å². The summed E-state index contributed by atoms with van der Waals surface area (Å²) in [5.41, 5.74) is 1.19. The van der Waals surface area contributed by atoms with E-state index < -0.39 is 5.60 Å². The first-order valence-corrected chi connectivity index (χ1v) is 12.2. The number of unbranched alkanes of at least 4 members (excludes halogenated alkanes) is 1. The van der Waals surface area contributed by atoms with Gasteiger partial charge in [-0.15, -0.1) is 0 Å². The number of carbonyl (C=O) groups excluding carboxylic acids is 1. The minimum Gasteiger partial charge on any atom is -0.489 e. The van der Waals surface area contributed by atoms with E-state index in [0.29, 0.717) is 35.4 Å². The molecule has 1 amide bonds. The highest BCUT2D eigenvalue weighted by Gasteiger charge is 2.20. The number of halogens is 2. The van der Waals surface area contributed by atoms with E-state index in [1.54, 1.807) is 30.2 Å². The molecule has 0 saturated heterocycles. The van der Waals surface area contributed by atoms with Crippen molar-refractivity contribution in [1.82, 2.24) is 4.90 Å². The summed E-state index contributed by atoms with van der Waals surface area (Å²) in [6.07, 6.45) is 3.70. The summed E-state index contributed by atoms with van der Waals surface area (Å²) in [6.45, 7) is 16.6. The van der Waals surface area contributed by atoms with E-state index in [1.165, 1.54) is 11.9 Å². The summed E-state index contributed by atoms with van der Waals surface area (Å²) >= 11 is 14.0. The second-order valence-electron chi connectivity index (χ2n) is 9.46. The van der Waals surface area contributed by atoms with E-state index in [1.807, 2.05) is 20.8 Å². The predicted octanol–water partition coefficient (Wildman–Crippen LogP) is 7.83. The lowest BCUT2D eigenvalue weighted by molar-refractivity contribution is 0.0296. The summed E-state index contributed by atoms with van der Waals surface area (Å²) in [5, 5.41) is 0.877. The fourth-order valence-corrected chi connectivity index (χ4v) is 3.41. The topological polar surface area (TPSA) is 51.1 Å². The van der Waals surface area contributed by atoms with Crippen molar-refractivity contribution in [1.29, 1.82) is 0 Å². The first-order chi connectivity index (χ1) is 14.7. The molecule has 1 rings (SSSR count). The molecule has 0 aliphatic rings. The van der Waals surface area contributed by atoms with Crippen LogP contribution in [0, 0.1) is 0 Å². The van der Waals surface area contributed by atoms with Crippen LogP contribution in [0.2, 0.25) is 10.0 Å². The molecule has 0 unspecified atom stereocenters.